The summed E-state index contributed by atoms with van der Waals surface area (Å²) in [4.78, 5) is 41.8. The number of hydrogen-bond donors (Lipinski definition) is 1. The summed E-state index contributed by atoms with van der Waals surface area (Å²) in [6.45, 7) is 3.24. The molecule has 1 N–H and O–H groups in total. The minimum Gasteiger partial charge on any atom is -0.458 e. The van der Waals surface area contributed by atoms with Gasteiger partial charge in [0, 0.05) is 23.5 Å². The lowest BCUT2D eigenvalue weighted by Gasteiger charge is -2.31. The molecule has 34 heavy (non-hydrogen) atoms. The number of benzene rings is 1. The highest BCUT2D eigenvalue weighted by molar-refractivity contribution is 5.88. The van der Waals surface area contributed by atoms with Gasteiger partial charge >= 0.3 is 5.97 Å². The molecule has 1 fully saturated rings. The number of carbonyl (C=O) groups excluding carboxylic acids is 1. The summed E-state index contributed by atoms with van der Waals surface area (Å²) in [6.07, 6.45) is 0.883. The molecule has 1 saturated heterocycles. The van der Waals surface area contributed by atoms with E-state index in [1.165, 1.54) is 16.7 Å². The van der Waals surface area contributed by atoms with Crippen molar-refractivity contribution in [3.63, 3.8) is 0 Å². The van der Waals surface area contributed by atoms with Gasteiger partial charge in [0.1, 0.15) is 12.4 Å². The molecule has 0 bridgehead atoms. The van der Waals surface area contributed by atoms with E-state index in [2.05, 4.69) is 9.47 Å². The average molecular weight is 465 g/mol. The Morgan fingerprint density at radius 1 is 1.24 bits per heavy atom. The van der Waals surface area contributed by atoms with Gasteiger partial charge in [-0.05, 0) is 50.7 Å². The lowest BCUT2D eigenvalue weighted by molar-refractivity contribution is -0.172. The van der Waals surface area contributed by atoms with Gasteiger partial charge in [-0.15, -0.1) is 0 Å². The van der Waals surface area contributed by atoms with Crippen molar-refractivity contribution in [1.82, 2.24) is 14.0 Å². The number of aliphatic hydroxyl groups is 1. The molecule has 6 rings (SSSR count). The van der Waals surface area contributed by atoms with E-state index in [1.807, 2.05) is 7.05 Å². The van der Waals surface area contributed by atoms with Gasteiger partial charge in [-0.1, -0.05) is 6.92 Å². The molecule has 3 aliphatic rings. The zero-order chi connectivity index (χ0) is 23.9. The summed E-state index contributed by atoms with van der Waals surface area (Å²) in [7, 11) is 2.03. The molecule has 0 aliphatic carbocycles. The van der Waals surface area contributed by atoms with Gasteiger partial charge in [0.25, 0.3) is 5.56 Å². The molecular formula is C25H24FN3O5. The smallest absolute Gasteiger partial charge is 0.343 e. The van der Waals surface area contributed by atoms with Crippen molar-refractivity contribution in [2.45, 2.75) is 44.6 Å². The summed E-state index contributed by atoms with van der Waals surface area (Å²) in [5.41, 5.74) is -0.320. The molecule has 3 aliphatic heterocycles. The lowest BCUT2D eigenvalue weighted by Crippen LogP contribution is -2.44. The Bertz CT molecular complexity index is 1520. The maximum atomic E-state index is 14.2. The van der Waals surface area contributed by atoms with Crippen LogP contribution in [0.5, 0.6) is 0 Å². The predicted molar refractivity (Wildman–Crippen MR) is 122 cm³/mol. The Morgan fingerprint density at radius 2 is 2.03 bits per heavy atom. The minimum atomic E-state index is -1.96. The maximum Gasteiger partial charge on any atom is 0.343 e. The molecule has 3 aromatic rings. The normalized spacial score (nSPS) is 23.6. The van der Waals surface area contributed by atoms with E-state index in [1.54, 1.807) is 19.1 Å². The molecule has 1 aromatic carbocycles. The molecule has 0 unspecified atom stereocenters. The Kier molecular flexibility index (Phi) is 4.44. The second-order valence-electron chi connectivity index (χ2n) is 9.49. The largest absolute Gasteiger partial charge is 0.458 e. The number of likely N-dealkylation sites (tertiary alicyclic amines) is 1. The Labute approximate surface area is 193 Å². The molecule has 0 radical (unpaired) electrons. The molecule has 0 spiro atoms. The van der Waals surface area contributed by atoms with E-state index in [4.69, 9.17) is 4.74 Å². The van der Waals surface area contributed by atoms with Gasteiger partial charge in [-0.2, -0.15) is 0 Å². The second-order valence-corrected chi connectivity index (χ2v) is 9.49. The van der Waals surface area contributed by atoms with Crippen LogP contribution in [0.1, 0.15) is 42.6 Å². The van der Waals surface area contributed by atoms with Crippen molar-refractivity contribution in [1.29, 1.82) is 0 Å². The summed E-state index contributed by atoms with van der Waals surface area (Å²) in [6, 6.07) is 5.85. The summed E-state index contributed by atoms with van der Waals surface area (Å²) < 4.78 is 22.9. The number of likely N-dealkylation sites (N-methyl/N-ethyl adjacent to an activating group) is 1. The molecule has 9 heteroatoms. The van der Waals surface area contributed by atoms with Gasteiger partial charge in [0.15, 0.2) is 11.0 Å². The third kappa shape index (κ3) is 2.68. The first-order valence-electron chi connectivity index (χ1n) is 11.5. The number of halogens is 1. The molecule has 2 aromatic heterocycles. The molecule has 176 valence electrons. The fraction of sp³-hybridized carbons (Fsp3) is 0.400. The topological polar surface area (TPSA) is 93.8 Å². The van der Waals surface area contributed by atoms with Crippen molar-refractivity contribution < 1.29 is 19.0 Å². The highest BCUT2D eigenvalue weighted by atomic mass is 19.1. The van der Waals surface area contributed by atoms with Gasteiger partial charge < -0.3 is 23.9 Å². The first-order chi connectivity index (χ1) is 16.2. The van der Waals surface area contributed by atoms with Crippen molar-refractivity contribution in [3.05, 3.63) is 67.5 Å². The SMILES string of the molecule is CC[C@@]1(O)C(=O)OCc2c1cc1n(c2=O)Cc2c-1c(=O)c1cc(F)ccc1n2[C@H]1CCN(C)C1. The van der Waals surface area contributed by atoms with Gasteiger partial charge in [-0.25, -0.2) is 9.18 Å². The Hall–Kier alpha value is -3.30. The van der Waals surface area contributed by atoms with E-state index in [0.717, 1.165) is 19.5 Å². The van der Waals surface area contributed by atoms with E-state index in [9.17, 15) is 23.9 Å². The molecule has 8 nitrogen and oxygen atoms in total. The third-order valence-electron chi connectivity index (χ3n) is 7.61. The van der Waals surface area contributed by atoms with Crippen LogP contribution in [0.4, 0.5) is 4.39 Å². The van der Waals surface area contributed by atoms with E-state index >= 15 is 0 Å². The molecule has 5 heterocycles. The number of esters is 1. The summed E-state index contributed by atoms with van der Waals surface area (Å²) in [5, 5.41) is 11.3. The average Bonchev–Trinajstić information content (AvgIpc) is 3.41. The van der Waals surface area contributed by atoms with Crippen LogP contribution >= 0.6 is 0 Å². The van der Waals surface area contributed by atoms with Crippen molar-refractivity contribution in [3.8, 4) is 11.3 Å². The van der Waals surface area contributed by atoms with Gasteiger partial charge in [0.05, 0.1) is 34.6 Å². The van der Waals surface area contributed by atoms with E-state index < -0.39 is 22.9 Å². The number of hydrogen-bond acceptors (Lipinski definition) is 6. The van der Waals surface area contributed by atoms with Crippen LogP contribution in [0.3, 0.4) is 0 Å². The van der Waals surface area contributed by atoms with E-state index in [-0.39, 0.29) is 47.6 Å². The van der Waals surface area contributed by atoms with Gasteiger partial charge in [0.2, 0.25) is 0 Å². The zero-order valence-electron chi connectivity index (χ0n) is 18.9. The Balaban J connectivity index is 1.70. The molecule has 0 saturated carbocycles. The third-order valence-corrected chi connectivity index (χ3v) is 7.61. The fourth-order valence-corrected chi connectivity index (χ4v) is 5.80. The second kappa shape index (κ2) is 7.10. The number of nitrogens with zero attached hydrogens (tertiary/aromatic N) is 3. The number of pyridine rings is 2. The maximum absolute atomic E-state index is 14.2. The Morgan fingerprint density at radius 3 is 2.74 bits per heavy atom. The molecule has 0 amide bonds. The van der Waals surface area contributed by atoms with Crippen LogP contribution in [0.2, 0.25) is 0 Å². The molecule has 2 atom stereocenters. The highest BCUT2D eigenvalue weighted by Gasteiger charge is 2.45. The number of ether oxygens (including phenoxy) is 1. The van der Waals surface area contributed by atoms with Crippen molar-refractivity contribution in [2.24, 2.45) is 0 Å². The lowest BCUT2D eigenvalue weighted by atomic mass is 9.85. The van der Waals surface area contributed by atoms with Crippen molar-refractivity contribution >= 4 is 16.9 Å². The first kappa shape index (κ1) is 21.2. The highest BCUT2D eigenvalue weighted by Crippen LogP contribution is 2.39. The van der Waals surface area contributed by atoms with Gasteiger partial charge in [-0.3, -0.25) is 9.59 Å². The van der Waals surface area contributed by atoms with E-state index in [0.29, 0.717) is 22.5 Å². The monoisotopic (exact) mass is 465 g/mol. The van der Waals surface area contributed by atoms with Crippen LogP contribution in [0, 0.1) is 5.82 Å². The number of aromatic nitrogens is 2. The predicted octanol–water partition coefficient (Wildman–Crippen LogP) is 1.86. The number of fused-ring (bicyclic) bond motifs is 5. The minimum absolute atomic E-state index is 0.0240. The zero-order valence-corrected chi connectivity index (χ0v) is 18.9. The summed E-state index contributed by atoms with van der Waals surface area (Å²) in [5.74, 6) is -1.32. The van der Waals surface area contributed by atoms with Crippen LogP contribution < -0.4 is 11.0 Å². The van der Waals surface area contributed by atoms with Crippen LogP contribution in [-0.4, -0.2) is 45.2 Å². The number of carbonyl (C=O) groups is 1. The standard InChI is InChI=1S/C25H24FN3O5/c1-3-25(33)17-9-19-21-20(11-28(19)23(31)16(17)12-34-24(25)32)29(14-6-7-27(2)10-14)18-5-4-13(26)8-15(18)22(21)30/h4-5,8-9,14,33H,3,6-7,10-12H2,1-2H3/t14-,25-/m0/s1. The number of cyclic esters (lactones) is 1. The first-order valence-corrected chi connectivity index (χ1v) is 11.5. The van der Waals surface area contributed by atoms with Crippen LogP contribution in [0.15, 0.2) is 33.9 Å². The van der Waals surface area contributed by atoms with Crippen LogP contribution in [-0.2, 0) is 28.3 Å². The number of rotatable bonds is 2. The fourth-order valence-electron chi connectivity index (χ4n) is 5.80. The molecular weight excluding hydrogens is 441 g/mol. The quantitative estimate of drug-likeness (QED) is 0.455. The van der Waals surface area contributed by atoms with Crippen LogP contribution in [0.25, 0.3) is 22.2 Å². The summed E-state index contributed by atoms with van der Waals surface area (Å²) >= 11 is 0. The van der Waals surface area contributed by atoms with Crippen molar-refractivity contribution in [2.75, 3.05) is 20.1 Å².